The van der Waals surface area contributed by atoms with E-state index in [0.29, 0.717) is 38.7 Å². The molecule has 0 aromatic heterocycles. The first-order valence-corrected chi connectivity index (χ1v) is 8.89. The van der Waals surface area contributed by atoms with Crippen LogP contribution in [0.15, 0.2) is 66.7 Å². The molecule has 26 heavy (non-hydrogen) atoms. The van der Waals surface area contributed by atoms with Gasteiger partial charge < -0.3 is 10.1 Å². The van der Waals surface area contributed by atoms with Crippen molar-refractivity contribution in [3.63, 3.8) is 0 Å². The lowest BCUT2D eigenvalue weighted by atomic mass is 10.1. The summed E-state index contributed by atoms with van der Waals surface area (Å²) in [5.41, 5.74) is 1.77. The highest BCUT2D eigenvalue weighted by Crippen LogP contribution is 2.28. The number of ether oxygens (including phenoxy) is 1. The summed E-state index contributed by atoms with van der Waals surface area (Å²) < 4.78 is 5.81. The van der Waals surface area contributed by atoms with Gasteiger partial charge in [0.25, 0.3) is 5.91 Å². The number of hydrogen-bond donors (Lipinski definition) is 1. The van der Waals surface area contributed by atoms with Gasteiger partial charge >= 0.3 is 0 Å². The zero-order valence-electron chi connectivity index (χ0n) is 13.5. The number of hydrogen-bond acceptors (Lipinski definition) is 2. The molecule has 3 rings (SSSR count). The molecular formula is C20H14Cl3NO2. The number of benzene rings is 3. The molecule has 0 atom stereocenters. The predicted octanol–water partition coefficient (Wildman–Crippen LogP) is 6.48. The standard InChI is InChI=1S/C20H14Cl3NO2/c21-14-7-9-19(26-12-13-4-2-1-3-5-13)16(10-14)20(25)24-18-8-6-15(22)11-17(18)23/h1-11H,12H2,(H,24,25). The molecule has 0 aliphatic rings. The van der Waals surface area contributed by atoms with Crippen LogP contribution in [0.4, 0.5) is 5.69 Å². The van der Waals surface area contributed by atoms with Gasteiger partial charge in [-0.1, -0.05) is 65.1 Å². The van der Waals surface area contributed by atoms with Crippen LogP contribution in [0.2, 0.25) is 15.1 Å². The molecule has 3 nitrogen and oxygen atoms in total. The van der Waals surface area contributed by atoms with E-state index in [1.165, 1.54) is 0 Å². The fourth-order valence-electron chi connectivity index (χ4n) is 2.32. The molecule has 132 valence electrons. The van der Waals surface area contributed by atoms with E-state index in [1.807, 2.05) is 30.3 Å². The second kappa shape index (κ2) is 8.45. The normalized spacial score (nSPS) is 10.4. The minimum atomic E-state index is -0.375. The van der Waals surface area contributed by atoms with Crippen LogP contribution in [-0.4, -0.2) is 5.91 Å². The summed E-state index contributed by atoms with van der Waals surface area (Å²) in [6, 6.07) is 19.4. The third kappa shape index (κ3) is 4.70. The highest BCUT2D eigenvalue weighted by molar-refractivity contribution is 6.37. The molecule has 3 aromatic carbocycles. The molecule has 0 bridgehead atoms. The third-order valence-electron chi connectivity index (χ3n) is 3.60. The Morgan fingerprint density at radius 3 is 2.31 bits per heavy atom. The quantitative estimate of drug-likeness (QED) is 0.526. The molecule has 3 aromatic rings. The van der Waals surface area contributed by atoms with Gasteiger partial charge in [-0.05, 0) is 42.0 Å². The van der Waals surface area contributed by atoms with Gasteiger partial charge in [-0.3, -0.25) is 4.79 Å². The molecule has 0 fully saturated rings. The largest absolute Gasteiger partial charge is 0.488 e. The zero-order chi connectivity index (χ0) is 18.5. The van der Waals surface area contributed by atoms with Gasteiger partial charge in [-0.2, -0.15) is 0 Å². The van der Waals surface area contributed by atoms with Crippen molar-refractivity contribution in [3.8, 4) is 5.75 Å². The maximum Gasteiger partial charge on any atom is 0.259 e. The van der Waals surface area contributed by atoms with Crippen molar-refractivity contribution in [1.29, 1.82) is 0 Å². The molecule has 0 saturated carbocycles. The lowest BCUT2D eigenvalue weighted by molar-refractivity contribution is 0.102. The maximum absolute atomic E-state index is 12.7. The number of carbonyl (C=O) groups excluding carboxylic acids is 1. The Balaban J connectivity index is 1.81. The number of amides is 1. The fraction of sp³-hybridized carbons (Fsp3) is 0.0500. The molecule has 0 aliphatic heterocycles. The van der Waals surface area contributed by atoms with E-state index in [-0.39, 0.29) is 5.91 Å². The minimum absolute atomic E-state index is 0.319. The summed E-state index contributed by atoms with van der Waals surface area (Å²) in [6.45, 7) is 0.338. The Morgan fingerprint density at radius 1 is 0.885 bits per heavy atom. The van der Waals surface area contributed by atoms with Gasteiger partial charge in [-0.15, -0.1) is 0 Å². The second-order valence-corrected chi connectivity index (χ2v) is 6.77. The molecule has 0 heterocycles. The summed E-state index contributed by atoms with van der Waals surface area (Å²) in [5.74, 6) is 0.0561. The molecular weight excluding hydrogens is 393 g/mol. The van der Waals surface area contributed by atoms with Gasteiger partial charge in [0.1, 0.15) is 12.4 Å². The highest BCUT2D eigenvalue weighted by atomic mass is 35.5. The first kappa shape index (κ1) is 18.6. The van der Waals surface area contributed by atoms with Crippen LogP contribution in [-0.2, 0) is 6.61 Å². The average Bonchev–Trinajstić information content (AvgIpc) is 2.63. The van der Waals surface area contributed by atoms with Crippen molar-refractivity contribution in [3.05, 3.63) is 92.9 Å². The smallest absolute Gasteiger partial charge is 0.259 e. The van der Waals surface area contributed by atoms with Gasteiger partial charge in [0.15, 0.2) is 0 Å². The molecule has 0 unspecified atom stereocenters. The van der Waals surface area contributed by atoms with Gasteiger partial charge in [0, 0.05) is 10.0 Å². The van der Waals surface area contributed by atoms with E-state index in [9.17, 15) is 4.79 Å². The minimum Gasteiger partial charge on any atom is -0.488 e. The molecule has 0 saturated heterocycles. The third-order valence-corrected chi connectivity index (χ3v) is 4.39. The van der Waals surface area contributed by atoms with Crippen molar-refractivity contribution in [2.24, 2.45) is 0 Å². The Kier molecular flexibility index (Phi) is 6.04. The van der Waals surface area contributed by atoms with Crippen LogP contribution in [0, 0.1) is 0 Å². The van der Waals surface area contributed by atoms with Crippen LogP contribution >= 0.6 is 34.8 Å². The molecule has 0 spiro atoms. The van der Waals surface area contributed by atoms with Crippen LogP contribution in [0.5, 0.6) is 5.75 Å². The van der Waals surface area contributed by atoms with E-state index >= 15 is 0 Å². The summed E-state index contributed by atoms with van der Waals surface area (Å²) in [5, 5.41) is 4.02. The maximum atomic E-state index is 12.7. The molecule has 6 heteroatoms. The van der Waals surface area contributed by atoms with Crippen LogP contribution in [0.3, 0.4) is 0 Å². The summed E-state index contributed by atoms with van der Waals surface area (Å²) >= 11 is 18.1. The number of anilines is 1. The Hall–Kier alpha value is -2.20. The van der Waals surface area contributed by atoms with Crippen molar-refractivity contribution in [1.82, 2.24) is 0 Å². The van der Waals surface area contributed by atoms with E-state index in [0.717, 1.165) is 5.56 Å². The molecule has 0 radical (unpaired) electrons. The number of halogens is 3. The summed E-state index contributed by atoms with van der Waals surface area (Å²) in [4.78, 5) is 12.7. The molecule has 1 amide bonds. The summed E-state index contributed by atoms with van der Waals surface area (Å²) in [6.07, 6.45) is 0. The van der Waals surface area contributed by atoms with Crippen molar-refractivity contribution in [2.45, 2.75) is 6.61 Å². The van der Waals surface area contributed by atoms with Crippen LogP contribution in [0.1, 0.15) is 15.9 Å². The first-order valence-electron chi connectivity index (χ1n) is 7.75. The van der Waals surface area contributed by atoms with E-state index < -0.39 is 0 Å². The SMILES string of the molecule is O=C(Nc1ccc(Cl)cc1Cl)c1cc(Cl)ccc1OCc1ccccc1. The zero-order valence-corrected chi connectivity index (χ0v) is 15.8. The highest BCUT2D eigenvalue weighted by Gasteiger charge is 2.15. The molecule has 1 N–H and O–H groups in total. The lowest BCUT2D eigenvalue weighted by Crippen LogP contribution is -2.14. The van der Waals surface area contributed by atoms with Gasteiger partial charge in [0.2, 0.25) is 0 Å². The summed E-state index contributed by atoms with van der Waals surface area (Å²) in [7, 11) is 0. The van der Waals surface area contributed by atoms with Gasteiger partial charge in [0.05, 0.1) is 16.3 Å². The topological polar surface area (TPSA) is 38.3 Å². The van der Waals surface area contributed by atoms with Crippen molar-refractivity contribution >= 4 is 46.4 Å². The van der Waals surface area contributed by atoms with Crippen molar-refractivity contribution in [2.75, 3.05) is 5.32 Å². The van der Waals surface area contributed by atoms with Crippen molar-refractivity contribution < 1.29 is 9.53 Å². The lowest BCUT2D eigenvalue weighted by Gasteiger charge is -2.13. The van der Waals surface area contributed by atoms with Crippen LogP contribution < -0.4 is 10.1 Å². The number of rotatable bonds is 5. The second-order valence-electron chi connectivity index (χ2n) is 5.49. The van der Waals surface area contributed by atoms with Crippen LogP contribution in [0.25, 0.3) is 0 Å². The first-order chi connectivity index (χ1) is 12.5. The molecule has 0 aliphatic carbocycles. The number of nitrogens with one attached hydrogen (secondary N) is 1. The number of carbonyl (C=O) groups is 1. The average molecular weight is 407 g/mol. The Labute approximate surface area is 166 Å². The van der Waals surface area contributed by atoms with Gasteiger partial charge in [-0.25, -0.2) is 0 Å². The monoisotopic (exact) mass is 405 g/mol. The van der Waals surface area contributed by atoms with E-state index in [4.69, 9.17) is 39.5 Å². The fourth-order valence-corrected chi connectivity index (χ4v) is 2.95. The van der Waals surface area contributed by atoms with E-state index in [2.05, 4.69) is 5.32 Å². The Bertz CT molecular complexity index is 930. The van der Waals surface area contributed by atoms with E-state index in [1.54, 1.807) is 36.4 Å². The predicted molar refractivity (Wildman–Crippen MR) is 107 cm³/mol. The Morgan fingerprint density at radius 2 is 1.58 bits per heavy atom.